The molecule has 18 heavy (non-hydrogen) atoms. The van der Waals surface area contributed by atoms with Gasteiger partial charge in [-0.05, 0) is 19.4 Å². The van der Waals surface area contributed by atoms with Crippen LogP contribution in [0.15, 0.2) is 24.3 Å². The van der Waals surface area contributed by atoms with E-state index in [2.05, 4.69) is 0 Å². The summed E-state index contributed by atoms with van der Waals surface area (Å²) in [4.78, 5) is 24.8. The van der Waals surface area contributed by atoms with Crippen molar-refractivity contribution in [1.29, 1.82) is 0 Å². The SMILES string of the molecule is CCN1C(=O)C[C@H](C(=O)O)[C@H]1c1ccc(C)cc1. The molecule has 1 aliphatic rings. The molecule has 1 aliphatic heterocycles. The van der Waals surface area contributed by atoms with E-state index in [9.17, 15) is 14.7 Å². The summed E-state index contributed by atoms with van der Waals surface area (Å²) in [6.45, 7) is 4.40. The Labute approximate surface area is 106 Å². The van der Waals surface area contributed by atoms with Crippen LogP contribution in [0.1, 0.15) is 30.5 Å². The lowest BCUT2D eigenvalue weighted by Crippen LogP contribution is -2.30. The zero-order valence-electron chi connectivity index (χ0n) is 10.6. The Morgan fingerprint density at radius 3 is 2.50 bits per heavy atom. The molecule has 1 aromatic carbocycles. The number of aliphatic carboxylic acids is 1. The molecule has 1 amide bonds. The molecule has 2 rings (SSSR count). The summed E-state index contributed by atoms with van der Waals surface area (Å²) in [5.74, 6) is -1.61. The smallest absolute Gasteiger partial charge is 0.309 e. The van der Waals surface area contributed by atoms with Crippen molar-refractivity contribution < 1.29 is 14.7 Å². The Kier molecular flexibility index (Phi) is 3.36. The van der Waals surface area contributed by atoms with Crippen LogP contribution in [0.2, 0.25) is 0 Å². The minimum absolute atomic E-state index is 0.0736. The zero-order valence-corrected chi connectivity index (χ0v) is 10.6. The summed E-state index contributed by atoms with van der Waals surface area (Å²) >= 11 is 0. The molecular formula is C14H17NO3. The molecule has 1 saturated heterocycles. The van der Waals surface area contributed by atoms with Crippen molar-refractivity contribution in [3.05, 3.63) is 35.4 Å². The highest BCUT2D eigenvalue weighted by atomic mass is 16.4. The molecule has 1 N–H and O–H groups in total. The predicted molar refractivity (Wildman–Crippen MR) is 67.0 cm³/mol. The maximum absolute atomic E-state index is 11.8. The van der Waals surface area contributed by atoms with Gasteiger partial charge in [-0.1, -0.05) is 29.8 Å². The van der Waals surface area contributed by atoms with Crippen LogP contribution in [-0.4, -0.2) is 28.4 Å². The Bertz CT molecular complexity index is 466. The average molecular weight is 247 g/mol. The van der Waals surface area contributed by atoms with E-state index in [1.807, 2.05) is 38.1 Å². The summed E-state index contributed by atoms with van der Waals surface area (Å²) in [5.41, 5.74) is 2.03. The van der Waals surface area contributed by atoms with Gasteiger partial charge in [0.2, 0.25) is 5.91 Å². The quantitative estimate of drug-likeness (QED) is 0.888. The van der Waals surface area contributed by atoms with E-state index in [0.717, 1.165) is 11.1 Å². The number of carboxylic acids is 1. The molecule has 2 atom stereocenters. The number of likely N-dealkylation sites (tertiary alicyclic amines) is 1. The molecule has 0 aliphatic carbocycles. The third-order valence-corrected chi connectivity index (χ3v) is 3.51. The van der Waals surface area contributed by atoms with E-state index < -0.39 is 11.9 Å². The van der Waals surface area contributed by atoms with E-state index in [0.29, 0.717) is 6.54 Å². The molecule has 0 radical (unpaired) electrons. The third kappa shape index (κ3) is 2.10. The van der Waals surface area contributed by atoms with Gasteiger partial charge in [-0.25, -0.2) is 0 Å². The van der Waals surface area contributed by atoms with Gasteiger partial charge in [-0.2, -0.15) is 0 Å². The molecule has 0 saturated carbocycles. The second-order valence-corrected chi connectivity index (χ2v) is 4.68. The van der Waals surface area contributed by atoms with Crippen LogP contribution in [0.3, 0.4) is 0 Å². The summed E-state index contributed by atoms with van der Waals surface area (Å²) in [7, 11) is 0. The Balaban J connectivity index is 2.39. The molecule has 96 valence electrons. The third-order valence-electron chi connectivity index (χ3n) is 3.51. The van der Waals surface area contributed by atoms with Crippen molar-refractivity contribution >= 4 is 11.9 Å². The lowest BCUT2D eigenvalue weighted by molar-refractivity contribution is -0.142. The first-order valence-electron chi connectivity index (χ1n) is 6.13. The fraction of sp³-hybridized carbons (Fsp3) is 0.429. The summed E-state index contributed by atoms with van der Waals surface area (Å²) in [6, 6.07) is 7.39. The number of aryl methyl sites for hydroxylation is 1. The van der Waals surface area contributed by atoms with Crippen LogP contribution in [0.4, 0.5) is 0 Å². The molecule has 0 aromatic heterocycles. The standard InChI is InChI=1S/C14H17NO3/c1-3-15-12(16)8-11(14(17)18)13(15)10-6-4-9(2)5-7-10/h4-7,11,13H,3,8H2,1-2H3,(H,17,18)/t11-,13+/m0/s1. The Morgan fingerprint density at radius 1 is 1.39 bits per heavy atom. The van der Waals surface area contributed by atoms with Crippen molar-refractivity contribution in [3.8, 4) is 0 Å². The van der Waals surface area contributed by atoms with Gasteiger partial charge in [-0.15, -0.1) is 0 Å². The predicted octanol–water partition coefficient (Wildman–Crippen LogP) is 1.99. The van der Waals surface area contributed by atoms with Crippen molar-refractivity contribution in [2.24, 2.45) is 5.92 Å². The van der Waals surface area contributed by atoms with Gasteiger partial charge < -0.3 is 10.0 Å². The molecule has 0 spiro atoms. The summed E-state index contributed by atoms with van der Waals surface area (Å²) in [6.07, 6.45) is 0.0989. The lowest BCUT2D eigenvalue weighted by atomic mass is 9.93. The van der Waals surface area contributed by atoms with Gasteiger partial charge in [0.25, 0.3) is 0 Å². The Hall–Kier alpha value is -1.84. The monoisotopic (exact) mass is 247 g/mol. The van der Waals surface area contributed by atoms with Gasteiger partial charge in [0, 0.05) is 13.0 Å². The summed E-state index contributed by atoms with van der Waals surface area (Å²) < 4.78 is 0. The second kappa shape index (κ2) is 4.80. The number of hydrogen-bond donors (Lipinski definition) is 1. The first-order chi connectivity index (χ1) is 8.54. The maximum atomic E-state index is 11.8. The van der Waals surface area contributed by atoms with E-state index in [4.69, 9.17) is 0 Å². The fourth-order valence-electron chi connectivity index (χ4n) is 2.56. The number of amides is 1. The number of benzene rings is 1. The van der Waals surface area contributed by atoms with Gasteiger partial charge in [0.1, 0.15) is 0 Å². The van der Waals surface area contributed by atoms with E-state index in [1.165, 1.54) is 0 Å². The van der Waals surface area contributed by atoms with Gasteiger partial charge in [0.15, 0.2) is 0 Å². The van der Waals surface area contributed by atoms with Crippen LogP contribution in [0, 0.1) is 12.8 Å². The molecule has 1 aromatic rings. The van der Waals surface area contributed by atoms with Crippen molar-refractivity contribution in [3.63, 3.8) is 0 Å². The van der Waals surface area contributed by atoms with Crippen LogP contribution >= 0.6 is 0 Å². The highest BCUT2D eigenvalue weighted by molar-refractivity contribution is 5.87. The van der Waals surface area contributed by atoms with Crippen molar-refractivity contribution in [1.82, 2.24) is 4.90 Å². The Morgan fingerprint density at radius 2 is 2.00 bits per heavy atom. The number of carbonyl (C=O) groups excluding carboxylic acids is 1. The topological polar surface area (TPSA) is 57.6 Å². The van der Waals surface area contributed by atoms with Crippen LogP contribution in [0.25, 0.3) is 0 Å². The van der Waals surface area contributed by atoms with E-state index in [1.54, 1.807) is 4.90 Å². The van der Waals surface area contributed by atoms with Crippen LogP contribution < -0.4 is 0 Å². The minimum Gasteiger partial charge on any atom is -0.481 e. The van der Waals surface area contributed by atoms with E-state index in [-0.39, 0.29) is 18.4 Å². The van der Waals surface area contributed by atoms with Crippen molar-refractivity contribution in [2.45, 2.75) is 26.3 Å². The molecule has 4 nitrogen and oxygen atoms in total. The number of hydrogen-bond acceptors (Lipinski definition) is 2. The molecule has 1 heterocycles. The van der Waals surface area contributed by atoms with Crippen LogP contribution in [0.5, 0.6) is 0 Å². The first kappa shape index (κ1) is 12.6. The van der Waals surface area contributed by atoms with E-state index >= 15 is 0 Å². The highest BCUT2D eigenvalue weighted by Crippen LogP contribution is 2.38. The van der Waals surface area contributed by atoms with Gasteiger partial charge in [-0.3, -0.25) is 9.59 Å². The number of carboxylic acid groups (broad SMARTS) is 1. The maximum Gasteiger partial charge on any atom is 0.309 e. The number of nitrogens with zero attached hydrogens (tertiary/aromatic N) is 1. The molecule has 0 bridgehead atoms. The highest BCUT2D eigenvalue weighted by Gasteiger charge is 2.43. The van der Waals surface area contributed by atoms with Gasteiger partial charge in [0.05, 0.1) is 12.0 Å². The minimum atomic E-state index is -0.898. The fourth-order valence-corrected chi connectivity index (χ4v) is 2.56. The second-order valence-electron chi connectivity index (χ2n) is 4.68. The molecule has 0 unspecified atom stereocenters. The number of rotatable bonds is 3. The van der Waals surface area contributed by atoms with Crippen molar-refractivity contribution in [2.75, 3.05) is 6.54 Å². The molecular weight excluding hydrogens is 230 g/mol. The zero-order chi connectivity index (χ0) is 13.3. The largest absolute Gasteiger partial charge is 0.481 e. The molecule has 1 fully saturated rings. The summed E-state index contributed by atoms with van der Waals surface area (Å²) in [5, 5.41) is 9.25. The van der Waals surface area contributed by atoms with Gasteiger partial charge >= 0.3 is 5.97 Å². The first-order valence-corrected chi connectivity index (χ1v) is 6.13. The normalized spacial score (nSPS) is 23.4. The molecule has 4 heteroatoms. The lowest BCUT2D eigenvalue weighted by Gasteiger charge is -2.26. The average Bonchev–Trinajstić information content (AvgIpc) is 2.67. The van der Waals surface area contributed by atoms with Crippen LogP contribution in [-0.2, 0) is 9.59 Å². The number of carbonyl (C=O) groups is 2.